The highest BCUT2D eigenvalue weighted by atomic mass is 32.2. The summed E-state index contributed by atoms with van der Waals surface area (Å²) in [6, 6.07) is 2.47. The zero-order valence-corrected chi connectivity index (χ0v) is 12.2. The summed E-state index contributed by atoms with van der Waals surface area (Å²) < 4.78 is 28.0. The monoisotopic (exact) mass is 310 g/mol. The van der Waals surface area contributed by atoms with E-state index in [0.29, 0.717) is 0 Å². The van der Waals surface area contributed by atoms with E-state index in [1.54, 1.807) is 19.9 Å². The summed E-state index contributed by atoms with van der Waals surface area (Å²) in [5.41, 5.74) is -0.0978. The van der Waals surface area contributed by atoms with Gasteiger partial charge in [0.1, 0.15) is 10.6 Å². The van der Waals surface area contributed by atoms with Gasteiger partial charge in [0.05, 0.1) is 0 Å². The molecule has 2 N–H and O–H groups in total. The van der Waals surface area contributed by atoms with E-state index < -0.39 is 16.0 Å². The summed E-state index contributed by atoms with van der Waals surface area (Å²) in [6.07, 6.45) is 4.07. The van der Waals surface area contributed by atoms with E-state index in [2.05, 4.69) is 14.7 Å². The number of hydrogen-bond acceptors (Lipinski definition) is 5. The van der Waals surface area contributed by atoms with Gasteiger partial charge in [-0.2, -0.15) is 0 Å². The Hall–Kier alpha value is -2.42. The van der Waals surface area contributed by atoms with Crippen LogP contribution in [-0.2, 0) is 10.0 Å². The molecule has 0 fully saturated rings. The van der Waals surface area contributed by atoms with Crippen LogP contribution in [0.25, 0.3) is 0 Å². The molecule has 112 valence electrons. The molecule has 0 aliphatic rings. The van der Waals surface area contributed by atoms with Gasteiger partial charge in [-0.15, -0.1) is 0 Å². The molecule has 2 rings (SSSR count). The lowest BCUT2D eigenvalue weighted by molar-refractivity contribution is 0.0683. The number of aromatic nitrogens is 3. The second kappa shape index (κ2) is 5.52. The molecule has 9 heteroatoms. The van der Waals surface area contributed by atoms with Crippen molar-refractivity contribution in [2.75, 3.05) is 4.72 Å². The third-order valence-electron chi connectivity index (χ3n) is 2.70. The van der Waals surface area contributed by atoms with Gasteiger partial charge in [0.2, 0.25) is 5.95 Å². The number of carboxylic acids is 1. The SMILES string of the molecule is CC(C)n1cc(S(=O)(=O)Nc2ncccn2)cc1C(=O)O. The summed E-state index contributed by atoms with van der Waals surface area (Å²) in [5, 5.41) is 9.12. The number of sulfonamides is 1. The van der Waals surface area contributed by atoms with Crippen LogP contribution in [0.15, 0.2) is 35.6 Å². The van der Waals surface area contributed by atoms with Gasteiger partial charge in [-0.25, -0.2) is 27.9 Å². The summed E-state index contributed by atoms with van der Waals surface area (Å²) in [6.45, 7) is 3.52. The molecular weight excluding hydrogens is 296 g/mol. The molecule has 2 aromatic heterocycles. The smallest absolute Gasteiger partial charge is 0.352 e. The molecule has 21 heavy (non-hydrogen) atoms. The number of nitrogens with one attached hydrogen (secondary N) is 1. The van der Waals surface area contributed by atoms with E-state index in [0.717, 1.165) is 6.07 Å². The minimum Gasteiger partial charge on any atom is -0.477 e. The highest BCUT2D eigenvalue weighted by Crippen LogP contribution is 2.20. The second-order valence-electron chi connectivity index (χ2n) is 4.55. The molecule has 2 aromatic rings. The molecule has 0 atom stereocenters. The predicted octanol–water partition coefficient (Wildman–Crippen LogP) is 1.36. The summed E-state index contributed by atoms with van der Waals surface area (Å²) in [5.74, 6) is -1.27. The molecule has 0 aliphatic carbocycles. The minimum atomic E-state index is -3.94. The standard InChI is InChI=1S/C12H14N4O4S/c1-8(2)16-7-9(6-10(16)11(17)18)21(19,20)15-12-13-4-3-5-14-12/h3-8H,1-2H3,(H,17,18)(H,13,14,15). The third-order valence-corrected chi connectivity index (χ3v) is 4.00. The van der Waals surface area contributed by atoms with Crippen molar-refractivity contribution >= 4 is 21.9 Å². The first kappa shape index (κ1) is 15.0. The molecule has 0 aliphatic heterocycles. The second-order valence-corrected chi connectivity index (χ2v) is 6.23. The van der Waals surface area contributed by atoms with Gasteiger partial charge in [0, 0.05) is 24.6 Å². The molecule has 0 amide bonds. The van der Waals surface area contributed by atoms with Crippen molar-refractivity contribution in [2.24, 2.45) is 0 Å². The molecule has 0 bridgehead atoms. The van der Waals surface area contributed by atoms with Crippen LogP contribution in [0.4, 0.5) is 5.95 Å². The highest BCUT2D eigenvalue weighted by molar-refractivity contribution is 7.92. The first-order valence-corrected chi connectivity index (χ1v) is 7.54. The Morgan fingerprint density at radius 3 is 2.43 bits per heavy atom. The van der Waals surface area contributed by atoms with Crippen molar-refractivity contribution < 1.29 is 18.3 Å². The van der Waals surface area contributed by atoms with Gasteiger partial charge < -0.3 is 9.67 Å². The number of hydrogen-bond donors (Lipinski definition) is 2. The fourth-order valence-electron chi connectivity index (χ4n) is 1.73. The summed E-state index contributed by atoms with van der Waals surface area (Å²) >= 11 is 0. The molecule has 2 heterocycles. The van der Waals surface area contributed by atoms with Gasteiger partial charge in [-0.1, -0.05) is 0 Å². The lowest BCUT2D eigenvalue weighted by atomic mass is 10.3. The molecule has 0 saturated heterocycles. The van der Waals surface area contributed by atoms with Gasteiger partial charge in [-0.05, 0) is 26.0 Å². The Kier molecular flexibility index (Phi) is 3.94. The van der Waals surface area contributed by atoms with Gasteiger partial charge >= 0.3 is 5.97 Å². The quantitative estimate of drug-likeness (QED) is 0.861. The lowest BCUT2D eigenvalue weighted by Crippen LogP contribution is -2.14. The Balaban J connectivity index is 2.41. The van der Waals surface area contributed by atoms with Crippen LogP contribution < -0.4 is 4.72 Å². The maximum atomic E-state index is 12.2. The average Bonchev–Trinajstić information content (AvgIpc) is 2.85. The lowest BCUT2D eigenvalue weighted by Gasteiger charge is -2.09. The van der Waals surface area contributed by atoms with E-state index in [-0.39, 0.29) is 22.6 Å². The molecule has 0 unspecified atom stereocenters. The zero-order valence-electron chi connectivity index (χ0n) is 11.4. The Labute approximate surface area is 121 Å². The van der Waals surface area contributed by atoms with Crippen LogP contribution in [0.5, 0.6) is 0 Å². The summed E-state index contributed by atoms with van der Waals surface area (Å²) in [4.78, 5) is 18.5. The van der Waals surface area contributed by atoms with Crippen molar-refractivity contribution in [3.8, 4) is 0 Å². The Morgan fingerprint density at radius 1 is 1.33 bits per heavy atom. The zero-order chi connectivity index (χ0) is 15.6. The van der Waals surface area contributed by atoms with E-state index in [1.165, 1.54) is 23.2 Å². The first-order chi connectivity index (χ1) is 9.81. The Morgan fingerprint density at radius 2 is 1.95 bits per heavy atom. The van der Waals surface area contributed by atoms with Crippen molar-refractivity contribution in [1.82, 2.24) is 14.5 Å². The largest absolute Gasteiger partial charge is 0.477 e. The van der Waals surface area contributed by atoms with Crippen molar-refractivity contribution in [3.05, 3.63) is 36.4 Å². The number of nitrogens with zero attached hydrogens (tertiary/aromatic N) is 3. The molecular formula is C12H14N4O4S. The van der Waals surface area contributed by atoms with E-state index >= 15 is 0 Å². The number of carboxylic acid groups (broad SMARTS) is 1. The van der Waals surface area contributed by atoms with E-state index in [9.17, 15) is 13.2 Å². The fraction of sp³-hybridized carbons (Fsp3) is 0.250. The predicted molar refractivity (Wildman–Crippen MR) is 74.6 cm³/mol. The maximum Gasteiger partial charge on any atom is 0.352 e. The minimum absolute atomic E-state index is 0.0772. The van der Waals surface area contributed by atoms with E-state index in [4.69, 9.17) is 5.11 Å². The molecule has 8 nitrogen and oxygen atoms in total. The van der Waals surface area contributed by atoms with E-state index in [1.807, 2.05) is 0 Å². The van der Waals surface area contributed by atoms with Crippen LogP contribution in [0, 0.1) is 0 Å². The van der Waals surface area contributed by atoms with Gasteiger partial charge in [0.25, 0.3) is 10.0 Å². The van der Waals surface area contributed by atoms with Crippen LogP contribution in [-0.4, -0.2) is 34.0 Å². The van der Waals surface area contributed by atoms with Gasteiger partial charge in [-0.3, -0.25) is 0 Å². The van der Waals surface area contributed by atoms with Crippen molar-refractivity contribution in [3.63, 3.8) is 0 Å². The topological polar surface area (TPSA) is 114 Å². The molecule has 0 spiro atoms. The average molecular weight is 310 g/mol. The van der Waals surface area contributed by atoms with Gasteiger partial charge in [0.15, 0.2) is 0 Å². The maximum absolute atomic E-state index is 12.2. The fourth-order valence-corrected chi connectivity index (χ4v) is 2.71. The van der Waals surface area contributed by atoms with Crippen LogP contribution >= 0.6 is 0 Å². The summed E-state index contributed by atoms with van der Waals surface area (Å²) in [7, 11) is -3.94. The number of rotatable bonds is 5. The highest BCUT2D eigenvalue weighted by Gasteiger charge is 2.23. The van der Waals surface area contributed by atoms with Crippen LogP contribution in [0.3, 0.4) is 0 Å². The Bertz CT molecular complexity index is 753. The third kappa shape index (κ3) is 3.19. The number of aromatic carboxylic acids is 1. The normalized spacial score (nSPS) is 11.6. The first-order valence-electron chi connectivity index (χ1n) is 6.06. The molecule has 0 saturated carbocycles. The van der Waals surface area contributed by atoms with Crippen LogP contribution in [0.2, 0.25) is 0 Å². The van der Waals surface area contributed by atoms with Crippen LogP contribution in [0.1, 0.15) is 30.4 Å². The van der Waals surface area contributed by atoms with Crippen molar-refractivity contribution in [2.45, 2.75) is 24.8 Å². The molecule has 0 radical (unpaired) electrons. The molecule has 0 aromatic carbocycles. The number of anilines is 1. The number of carbonyl (C=O) groups is 1. The van der Waals surface area contributed by atoms with Crippen molar-refractivity contribution in [1.29, 1.82) is 0 Å².